The summed E-state index contributed by atoms with van der Waals surface area (Å²) in [5, 5.41) is 3.14. The molecule has 0 aromatic heterocycles. The summed E-state index contributed by atoms with van der Waals surface area (Å²) in [7, 11) is 0. The highest BCUT2D eigenvalue weighted by Crippen LogP contribution is 2.18. The molecule has 1 aliphatic carbocycles. The molecular weight excluding hydrogens is 194 g/mol. The maximum atomic E-state index is 11.3. The Bertz CT molecular complexity index is 210. The van der Waals surface area contributed by atoms with E-state index in [-0.39, 0.29) is 5.97 Å². The minimum atomic E-state index is -0.117. The Morgan fingerprint density at radius 2 is 2.00 bits per heavy atom. The van der Waals surface area contributed by atoms with Crippen molar-refractivity contribution >= 4 is 5.97 Å². The zero-order chi connectivity index (χ0) is 10.5. The molecule has 1 aliphatic heterocycles. The fourth-order valence-corrected chi connectivity index (χ4v) is 1.69. The maximum absolute atomic E-state index is 11.3. The summed E-state index contributed by atoms with van der Waals surface area (Å²) in [6.07, 6.45) is 4.44. The maximum Gasteiger partial charge on any atom is 0.319 e. The Labute approximate surface area is 90.3 Å². The second kappa shape index (κ2) is 5.47. The van der Waals surface area contributed by atoms with Gasteiger partial charge in [0.05, 0.1) is 13.2 Å². The average Bonchev–Trinajstić information content (AvgIpc) is 3.09. The van der Waals surface area contributed by atoms with E-state index in [0.29, 0.717) is 25.1 Å². The predicted octanol–water partition coefficient (Wildman–Crippen LogP) is 0.708. The summed E-state index contributed by atoms with van der Waals surface area (Å²) in [6.45, 7) is 2.55. The molecule has 0 unspecified atom stereocenters. The minimum Gasteiger partial charge on any atom is -0.464 e. The lowest BCUT2D eigenvalue weighted by molar-refractivity contribution is -0.144. The van der Waals surface area contributed by atoms with Gasteiger partial charge in [-0.1, -0.05) is 0 Å². The molecule has 1 saturated heterocycles. The van der Waals surface area contributed by atoms with Crippen LogP contribution in [-0.2, 0) is 14.3 Å². The molecule has 2 rings (SSSR count). The van der Waals surface area contributed by atoms with Crippen LogP contribution in [0, 0.1) is 5.92 Å². The molecule has 2 aliphatic rings. The number of ether oxygens (including phenoxy) is 2. The third-order valence-electron chi connectivity index (χ3n) is 2.93. The topological polar surface area (TPSA) is 47.6 Å². The first-order valence-corrected chi connectivity index (χ1v) is 5.81. The van der Waals surface area contributed by atoms with Gasteiger partial charge in [0.1, 0.15) is 0 Å². The van der Waals surface area contributed by atoms with Crippen LogP contribution in [0.15, 0.2) is 0 Å². The molecule has 4 nitrogen and oxygen atoms in total. The van der Waals surface area contributed by atoms with Crippen molar-refractivity contribution in [2.75, 3.05) is 26.4 Å². The predicted molar refractivity (Wildman–Crippen MR) is 55.5 cm³/mol. The Morgan fingerprint density at radius 3 is 2.67 bits per heavy atom. The van der Waals surface area contributed by atoms with Crippen molar-refractivity contribution < 1.29 is 14.3 Å². The lowest BCUT2D eigenvalue weighted by Crippen LogP contribution is -2.29. The number of hydrogen-bond donors (Lipinski definition) is 1. The Kier molecular flexibility index (Phi) is 3.97. The SMILES string of the molecule is O=C(CNC1CC1)OCC1CCOCC1. The van der Waals surface area contributed by atoms with Gasteiger partial charge >= 0.3 is 5.97 Å². The smallest absolute Gasteiger partial charge is 0.319 e. The molecule has 86 valence electrons. The molecule has 0 radical (unpaired) electrons. The highest BCUT2D eigenvalue weighted by atomic mass is 16.5. The van der Waals surface area contributed by atoms with E-state index >= 15 is 0 Å². The van der Waals surface area contributed by atoms with Crippen LogP contribution in [-0.4, -0.2) is 38.4 Å². The standard InChI is InChI=1S/C11H19NO3/c13-11(7-12-10-1-2-10)15-8-9-3-5-14-6-4-9/h9-10,12H,1-8H2. The van der Waals surface area contributed by atoms with Gasteiger partial charge in [0, 0.05) is 19.3 Å². The number of esters is 1. The lowest BCUT2D eigenvalue weighted by atomic mass is 10.0. The van der Waals surface area contributed by atoms with Gasteiger partial charge in [0.25, 0.3) is 0 Å². The quantitative estimate of drug-likeness (QED) is 0.683. The number of nitrogens with one attached hydrogen (secondary N) is 1. The van der Waals surface area contributed by atoms with Gasteiger partial charge in [-0.25, -0.2) is 0 Å². The number of carbonyl (C=O) groups excluding carboxylic acids is 1. The van der Waals surface area contributed by atoms with Crippen molar-refractivity contribution in [2.24, 2.45) is 5.92 Å². The highest BCUT2D eigenvalue weighted by molar-refractivity contribution is 5.71. The van der Waals surface area contributed by atoms with Gasteiger partial charge in [-0.15, -0.1) is 0 Å². The fourth-order valence-electron chi connectivity index (χ4n) is 1.69. The third kappa shape index (κ3) is 4.18. The van der Waals surface area contributed by atoms with E-state index in [4.69, 9.17) is 9.47 Å². The van der Waals surface area contributed by atoms with Crippen LogP contribution in [0.5, 0.6) is 0 Å². The van der Waals surface area contributed by atoms with E-state index in [1.54, 1.807) is 0 Å². The van der Waals surface area contributed by atoms with Gasteiger partial charge in [-0.05, 0) is 31.6 Å². The van der Waals surface area contributed by atoms with E-state index < -0.39 is 0 Å². The summed E-state index contributed by atoms with van der Waals surface area (Å²) in [6, 6.07) is 0.570. The van der Waals surface area contributed by atoms with Gasteiger partial charge in [-0.2, -0.15) is 0 Å². The first-order chi connectivity index (χ1) is 7.34. The van der Waals surface area contributed by atoms with Crippen molar-refractivity contribution in [3.63, 3.8) is 0 Å². The molecule has 0 aromatic carbocycles. The summed E-state index contributed by atoms with van der Waals surface area (Å²) in [4.78, 5) is 11.3. The normalized spacial score (nSPS) is 22.7. The van der Waals surface area contributed by atoms with Crippen molar-refractivity contribution in [3.8, 4) is 0 Å². The van der Waals surface area contributed by atoms with Gasteiger partial charge < -0.3 is 14.8 Å². The second-order valence-electron chi connectivity index (χ2n) is 4.39. The monoisotopic (exact) mass is 213 g/mol. The van der Waals surface area contributed by atoms with Crippen molar-refractivity contribution in [1.82, 2.24) is 5.32 Å². The number of rotatable bonds is 5. The summed E-state index contributed by atoms with van der Waals surface area (Å²) < 4.78 is 10.4. The molecule has 2 fully saturated rings. The molecule has 15 heavy (non-hydrogen) atoms. The molecular formula is C11H19NO3. The first kappa shape index (κ1) is 10.9. The van der Waals surface area contributed by atoms with Crippen LogP contribution in [0.25, 0.3) is 0 Å². The minimum absolute atomic E-state index is 0.117. The highest BCUT2D eigenvalue weighted by Gasteiger charge is 2.22. The Morgan fingerprint density at radius 1 is 1.27 bits per heavy atom. The van der Waals surface area contributed by atoms with Crippen LogP contribution < -0.4 is 5.32 Å². The molecule has 4 heteroatoms. The van der Waals surface area contributed by atoms with E-state index in [2.05, 4.69) is 5.32 Å². The number of hydrogen-bond acceptors (Lipinski definition) is 4. The summed E-state index contributed by atoms with van der Waals surface area (Å²) >= 11 is 0. The summed E-state index contributed by atoms with van der Waals surface area (Å²) in [5.41, 5.74) is 0. The van der Waals surface area contributed by atoms with Gasteiger partial charge in [0.2, 0.25) is 0 Å². The molecule has 0 atom stereocenters. The first-order valence-electron chi connectivity index (χ1n) is 5.81. The van der Waals surface area contributed by atoms with Crippen LogP contribution >= 0.6 is 0 Å². The molecule has 0 aromatic rings. The van der Waals surface area contributed by atoms with E-state index in [0.717, 1.165) is 26.1 Å². The van der Waals surface area contributed by atoms with Crippen LogP contribution in [0.2, 0.25) is 0 Å². The second-order valence-corrected chi connectivity index (χ2v) is 4.39. The third-order valence-corrected chi connectivity index (χ3v) is 2.93. The fraction of sp³-hybridized carbons (Fsp3) is 0.909. The van der Waals surface area contributed by atoms with Gasteiger partial charge in [0.15, 0.2) is 0 Å². The van der Waals surface area contributed by atoms with Crippen molar-refractivity contribution in [3.05, 3.63) is 0 Å². The molecule has 1 heterocycles. The molecule has 1 N–H and O–H groups in total. The molecule has 0 bridgehead atoms. The van der Waals surface area contributed by atoms with E-state index in [1.165, 1.54) is 12.8 Å². The lowest BCUT2D eigenvalue weighted by Gasteiger charge is -2.21. The van der Waals surface area contributed by atoms with Crippen molar-refractivity contribution in [2.45, 2.75) is 31.7 Å². The zero-order valence-electron chi connectivity index (χ0n) is 9.04. The molecule has 0 amide bonds. The molecule has 1 saturated carbocycles. The van der Waals surface area contributed by atoms with Gasteiger partial charge in [-0.3, -0.25) is 4.79 Å². The van der Waals surface area contributed by atoms with E-state index in [9.17, 15) is 4.79 Å². The Hall–Kier alpha value is -0.610. The summed E-state index contributed by atoms with van der Waals surface area (Å²) in [5.74, 6) is 0.386. The van der Waals surface area contributed by atoms with Crippen LogP contribution in [0.1, 0.15) is 25.7 Å². The van der Waals surface area contributed by atoms with E-state index in [1.807, 2.05) is 0 Å². The largest absolute Gasteiger partial charge is 0.464 e. The van der Waals surface area contributed by atoms with Crippen molar-refractivity contribution in [1.29, 1.82) is 0 Å². The Balaban J connectivity index is 1.53. The molecule has 0 spiro atoms. The van der Waals surface area contributed by atoms with Crippen LogP contribution in [0.4, 0.5) is 0 Å². The average molecular weight is 213 g/mol. The number of carbonyl (C=O) groups is 1. The zero-order valence-corrected chi connectivity index (χ0v) is 9.04. The van der Waals surface area contributed by atoms with Crippen LogP contribution in [0.3, 0.4) is 0 Å².